The molecule has 1 saturated carbocycles. The predicted octanol–water partition coefficient (Wildman–Crippen LogP) is 3.11. The molecule has 18 heavy (non-hydrogen) atoms. The number of rotatable bonds is 4. The first-order chi connectivity index (χ1) is 8.69. The summed E-state index contributed by atoms with van der Waals surface area (Å²) in [7, 11) is 0. The van der Waals surface area contributed by atoms with Crippen LogP contribution in [-0.2, 0) is 0 Å². The van der Waals surface area contributed by atoms with Gasteiger partial charge in [-0.3, -0.25) is 0 Å². The number of fused-ring (bicyclic) bond motifs is 2. The van der Waals surface area contributed by atoms with Gasteiger partial charge in [0.05, 0.1) is 5.69 Å². The van der Waals surface area contributed by atoms with E-state index in [1.807, 2.05) is 11.3 Å². The van der Waals surface area contributed by atoms with Gasteiger partial charge < -0.3 is 10.2 Å². The first-order valence-corrected chi connectivity index (χ1v) is 7.98. The van der Waals surface area contributed by atoms with Crippen LogP contribution in [0, 0.1) is 12.8 Å². The lowest BCUT2D eigenvalue weighted by Gasteiger charge is -2.26. The van der Waals surface area contributed by atoms with Gasteiger partial charge in [-0.05, 0) is 45.6 Å². The maximum absolute atomic E-state index is 4.82. The van der Waals surface area contributed by atoms with Crippen LogP contribution in [0.15, 0.2) is 0 Å². The van der Waals surface area contributed by atoms with E-state index in [-0.39, 0.29) is 0 Å². The van der Waals surface area contributed by atoms with Gasteiger partial charge in [0.2, 0.25) is 0 Å². The number of thiazole rings is 1. The van der Waals surface area contributed by atoms with Crippen LogP contribution in [0.5, 0.6) is 0 Å². The maximum Gasteiger partial charge on any atom is 0.186 e. The molecule has 3 atom stereocenters. The van der Waals surface area contributed by atoms with Gasteiger partial charge in [0.25, 0.3) is 0 Å². The first-order valence-electron chi connectivity index (χ1n) is 7.16. The summed E-state index contributed by atoms with van der Waals surface area (Å²) in [5.41, 5.74) is 1.21. The minimum Gasteiger partial charge on any atom is -0.345 e. The summed E-state index contributed by atoms with van der Waals surface area (Å²) in [6.45, 7) is 8.81. The molecular formula is C14H23N3S. The van der Waals surface area contributed by atoms with Gasteiger partial charge >= 0.3 is 0 Å². The molecule has 1 N–H and O–H groups in total. The molecule has 3 rings (SSSR count). The van der Waals surface area contributed by atoms with Crippen molar-refractivity contribution in [2.45, 2.75) is 52.1 Å². The minimum atomic E-state index is 0.432. The third-order valence-corrected chi connectivity index (χ3v) is 5.76. The number of anilines is 1. The lowest BCUT2D eigenvalue weighted by molar-refractivity contribution is 0.553. The van der Waals surface area contributed by atoms with Crippen molar-refractivity contribution in [3.05, 3.63) is 10.6 Å². The molecule has 100 valence electrons. The number of aromatic nitrogens is 1. The van der Waals surface area contributed by atoms with E-state index in [0.717, 1.165) is 18.5 Å². The second-order valence-electron chi connectivity index (χ2n) is 5.71. The molecule has 1 aliphatic carbocycles. The van der Waals surface area contributed by atoms with Crippen molar-refractivity contribution in [2.24, 2.45) is 5.92 Å². The van der Waals surface area contributed by atoms with Crippen LogP contribution in [0.2, 0.25) is 0 Å². The molecule has 0 aromatic carbocycles. The number of piperidine rings is 1. The summed E-state index contributed by atoms with van der Waals surface area (Å²) < 4.78 is 0. The third-order valence-electron chi connectivity index (χ3n) is 4.38. The molecule has 0 spiro atoms. The zero-order chi connectivity index (χ0) is 12.7. The number of hydrogen-bond acceptors (Lipinski definition) is 4. The highest BCUT2D eigenvalue weighted by Gasteiger charge is 2.39. The summed E-state index contributed by atoms with van der Waals surface area (Å²) in [5.74, 6) is 0.939. The molecular weight excluding hydrogens is 242 g/mol. The van der Waals surface area contributed by atoms with Crippen LogP contribution >= 0.6 is 11.3 Å². The van der Waals surface area contributed by atoms with E-state index in [4.69, 9.17) is 4.98 Å². The molecule has 0 radical (unpaired) electrons. The fraction of sp³-hybridized carbons (Fsp3) is 0.786. The highest BCUT2D eigenvalue weighted by atomic mass is 32.1. The van der Waals surface area contributed by atoms with Crippen molar-refractivity contribution in [1.29, 1.82) is 0 Å². The van der Waals surface area contributed by atoms with Gasteiger partial charge in [-0.15, -0.1) is 11.3 Å². The molecule has 1 aliphatic heterocycles. The quantitative estimate of drug-likeness (QED) is 0.906. The van der Waals surface area contributed by atoms with E-state index in [2.05, 4.69) is 31.0 Å². The largest absolute Gasteiger partial charge is 0.345 e. The Kier molecular flexibility index (Phi) is 3.32. The Morgan fingerprint density at radius 2 is 2.33 bits per heavy atom. The van der Waals surface area contributed by atoms with Gasteiger partial charge in [0, 0.05) is 23.5 Å². The van der Waals surface area contributed by atoms with E-state index >= 15 is 0 Å². The van der Waals surface area contributed by atoms with E-state index in [1.54, 1.807) is 0 Å². The Morgan fingerprint density at radius 1 is 1.50 bits per heavy atom. The van der Waals surface area contributed by atoms with Gasteiger partial charge in [0.15, 0.2) is 5.13 Å². The molecule has 1 aromatic rings. The van der Waals surface area contributed by atoms with Crippen LogP contribution in [0.3, 0.4) is 0 Å². The molecule has 2 fully saturated rings. The van der Waals surface area contributed by atoms with Crippen LogP contribution in [0.1, 0.15) is 49.7 Å². The average molecular weight is 265 g/mol. The van der Waals surface area contributed by atoms with Gasteiger partial charge in [-0.2, -0.15) is 0 Å². The maximum atomic E-state index is 4.82. The topological polar surface area (TPSA) is 28.2 Å². The molecule has 2 heterocycles. The summed E-state index contributed by atoms with van der Waals surface area (Å²) >= 11 is 1.90. The third kappa shape index (κ3) is 2.05. The highest BCUT2D eigenvalue weighted by Crippen LogP contribution is 2.42. The molecule has 0 amide bonds. The summed E-state index contributed by atoms with van der Waals surface area (Å²) in [6.07, 6.45) is 4.21. The van der Waals surface area contributed by atoms with Gasteiger partial charge in [0.1, 0.15) is 0 Å². The predicted molar refractivity (Wildman–Crippen MR) is 77.4 cm³/mol. The van der Waals surface area contributed by atoms with Crippen LogP contribution in [0.25, 0.3) is 0 Å². The van der Waals surface area contributed by atoms with Crippen molar-refractivity contribution >= 4 is 16.5 Å². The highest BCUT2D eigenvalue weighted by molar-refractivity contribution is 7.15. The normalized spacial score (nSPS) is 28.1. The van der Waals surface area contributed by atoms with Crippen molar-refractivity contribution < 1.29 is 0 Å². The van der Waals surface area contributed by atoms with Gasteiger partial charge in [-0.25, -0.2) is 4.98 Å². The smallest absolute Gasteiger partial charge is 0.186 e. The number of nitrogens with zero attached hydrogens (tertiary/aromatic N) is 2. The fourth-order valence-corrected chi connectivity index (χ4v) is 4.65. The van der Waals surface area contributed by atoms with Crippen molar-refractivity contribution in [3.8, 4) is 0 Å². The van der Waals surface area contributed by atoms with Crippen molar-refractivity contribution in [1.82, 2.24) is 10.3 Å². The standard InChI is InChI=1S/C14H23N3S/c1-4-15-9(2)13-10(3)16-14(18-13)17-8-11-5-6-12(17)7-11/h9,11-12,15H,4-8H2,1-3H3. The molecule has 3 unspecified atom stereocenters. The van der Waals surface area contributed by atoms with E-state index in [1.165, 1.54) is 41.5 Å². The minimum absolute atomic E-state index is 0.432. The van der Waals surface area contributed by atoms with Crippen molar-refractivity contribution in [3.63, 3.8) is 0 Å². The van der Waals surface area contributed by atoms with E-state index in [0.29, 0.717) is 6.04 Å². The lowest BCUT2D eigenvalue weighted by Crippen LogP contribution is -2.31. The Balaban J connectivity index is 1.80. The first kappa shape index (κ1) is 12.4. The second kappa shape index (κ2) is 4.82. The molecule has 4 heteroatoms. The number of aryl methyl sites for hydroxylation is 1. The molecule has 2 bridgehead atoms. The zero-order valence-electron chi connectivity index (χ0n) is 11.6. The summed E-state index contributed by atoms with van der Waals surface area (Å²) in [5, 5.41) is 4.76. The monoisotopic (exact) mass is 265 g/mol. The SMILES string of the molecule is CCNC(C)c1sc(N2CC3CCC2C3)nc1C. The molecule has 2 aliphatic rings. The number of hydrogen-bond donors (Lipinski definition) is 1. The van der Waals surface area contributed by atoms with Crippen LogP contribution < -0.4 is 10.2 Å². The average Bonchev–Trinajstić information content (AvgIpc) is 3.02. The second-order valence-corrected chi connectivity index (χ2v) is 6.72. The molecule has 3 nitrogen and oxygen atoms in total. The molecule has 1 saturated heterocycles. The Morgan fingerprint density at radius 3 is 2.94 bits per heavy atom. The fourth-order valence-electron chi connectivity index (χ4n) is 3.48. The number of nitrogens with one attached hydrogen (secondary N) is 1. The van der Waals surface area contributed by atoms with Gasteiger partial charge in [-0.1, -0.05) is 6.92 Å². The summed E-state index contributed by atoms with van der Waals surface area (Å²) in [6, 6.07) is 1.21. The van der Waals surface area contributed by atoms with Crippen LogP contribution in [-0.4, -0.2) is 24.1 Å². The Labute approximate surface area is 114 Å². The Bertz CT molecular complexity index is 429. The van der Waals surface area contributed by atoms with E-state index < -0.39 is 0 Å². The zero-order valence-corrected chi connectivity index (χ0v) is 12.4. The summed E-state index contributed by atoms with van der Waals surface area (Å²) in [4.78, 5) is 8.79. The van der Waals surface area contributed by atoms with E-state index in [9.17, 15) is 0 Å². The lowest BCUT2D eigenvalue weighted by atomic mass is 10.1. The van der Waals surface area contributed by atoms with Crippen LogP contribution in [0.4, 0.5) is 5.13 Å². The van der Waals surface area contributed by atoms with Crippen molar-refractivity contribution in [2.75, 3.05) is 18.0 Å². The Hall–Kier alpha value is -0.610. The molecule has 1 aromatic heterocycles.